The van der Waals surface area contributed by atoms with Crippen LogP contribution in [0.5, 0.6) is 5.75 Å². The van der Waals surface area contributed by atoms with Crippen LogP contribution in [0.1, 0.15) is 26.2 Å². The number of amidine groups is 1. The number of nitrogens with one attached hydrogen (secondary N) is 1. The lowest BCUT2D eigenvalue weighted by molar-refractivity contribution is -0.121. The van der Waals surface area contributed by atoms with Crippen molar-refractivity contribution < 1.29 is 14.3 Å². The Morgan fingerprint density at radius 1 is 1.00 bits per heavy atom. The summed E-state index contributed by atoms with van der Waals surface area (Å²) in [6, 6.07) is 26.2. The van der Waals surface area contributed by atoms with Crippen molar-refractivity contribution >= 4 is 45.8 Å². The van der Waals surface area contributed by atoms with Crippen LogP contribution in [0.4, 0.5) is 17.1 Å². The predicted molar refractivity (Wildman–Crippen MR) is 139 cm³/mol. The number of unbranched alkanes of at least 4 members (excludes halogenated alkanes) is 1. The SMILES string of the molecule is CCCCOc1ccccc1NC(=O)C[C@H]1SC(=Nc2ccccc2)N(c2ccccc2)C1=O. The molecule has 0 unspecified atom stereocenters. The molecular formula is C27H27N3O3S. The van der Waals surface area contributed by atoms with Crippen LogP contribution < -0.4 is 15.0 Å². The van der Waals surface area contributed by atoms with E-state index < -0.39 is 5.25 Å². The number of anilines is 2. The molecule has 1 aliphatic heterocycles. The van der Waals surface area contributed by atoms with Crippen LogP contribution in [0.3, 0.4) is 0 Å². The fourth-order valence-electron chi connectivity index (χ4n) is 3.49. The number of ether oxygens (including phenoxy) is 1. The molecule has 1 fully saturated rings. The molecule has 3 aromatic rings. The van der Waals surface area contributed by atoms with Gasteiger partial charge in [0.2, 0.25) is 11.8 Å². The van der Waals surface area contributed by atoms with Gasteiger partial charge < -0.3 is 10.1 Å². The average molecular weight is 474 g/mol. The van der Waals surface area contributed by atoms with E-state index in [2.05, 4.69) is 12.2 Å². The van der Waals surface area contributed by atoms with E-state index >= 15 is 0 Å². The maximum atomic E-state index is 13.4. The second-order valence-corrected chi connectivity index (χ2v) is 8.97. The number of rotatable bonds is 9. The van der Waals surface area contributed by atoms with Crippen molar-refractivity contribution in [1.29, 1.82) is 0 Å². The molecule has 1 atom stereocenters. The van der Waals surface area contributed by atoms with Crippen LogP contribution in [0, 0.1) is 0 Å². The number of benzene rings is 3. The predicted octanol–water partition coefficient (Wildman–Crippen LogP) is 6.03. The lowest BCUT2D eigenvalue weighted by Crippen LogP contribution is -2.33. The number of hydrogen-bond donors (Lipinski definition) is 1. The highest BCUT2D eigenvalue weighted by Gasteiger charge is 2.40. The van der Waals surface area contributed by atoms with Gasteiger partial charge in [-0.2, -0.15) is 0 Å². The van der Waals surface area contributed by atoms with Crippen molar-refractivity contribution in [3.8, 4) is 5.75 Å². The molecular weight excluding hydrogens is 446 g/mol. The van der Waals surface area contributed by atoms with Crippen LogP contribution in [-0.4, -0.2) is 28.8 Å². The Balaban J connectivity index is 1.51. The summed E-state index contributed by atoms with van der Waals surface area (Å²) in [6.45, 7) is 2.69. The molecule has 0 bridgehead atoms. The van der Waals surface area contributed by atoms with E-state index in [1.54, 1.807) is 11.0 Å². The first-order valence-electron chi connectivity index (χ1n) is 11.4. The van der Waals surface area contributed by atoms with Gasteiger partial charge in [-0.25, -0.2) is 4.99 Å². The van der Waals surface area contributed by atoms with E-state index in [4.69, 9.17) is 9.73 Å². The zero-order valence-corrected chi connectivity index (χ0v) is 19.8. The largest absolute Gasteiger partial charge is 0.491 e. The summed E-state index contributed by atoms with van der Waals surface area (Å²) in [5.41, 5.74) is 2.09. The lowest BCUT2D eigenvalue weighted by atomic mass is 10.2. The Hall–Kier alpha value is -3.58. The fourth-order valence-corrected chi connectivity index (χ4v) is 4.65. The molecule has 0 aromatic heterocycles. The number of amides is 2. The van der Waals surface area contributed by atoms with Crippen molar-refractivity contribution in [3.63, 3.8) is 0 Å². The molecule has 3 aromatic carbocycles. The highest BCUT2D eigenvalue weighted by Crippen LogP contribution is 2.35. The van der Waals surface area contributed by atoms with E-state index in [9.17, 15) is 9.59 Å². The summed E-state index contributed by atoms with van der Waals surface area (Å²) < 4.78 is 5.81. The number of thioether (sulfide) groups is 1. The van der Waals surface area contributed by atoms with Gasteiger partial charge in [0.25, 0.3) is 0 Å². The Labute approximate surface area is 204 Å². The van der Waals surface area contributed by atoms with Gasteiger partial charge in [-0.3, -0.25) is 14.5 Å². The average Bonchev–Trinajstić information content (AvgIpc) is 3.15. The van der Waals surface area contributed by atoms with Crippen molar-refractivity contribution in [2.24, 2.45) is 4.99 Å². The standard InChI is InChI=1S/C27H27N3O3S/c1-2-3-18-33-23-17-11-10-16-22(23)29-25(31)19-24-26(32)30(21-14-8-5-9-15-21)27(34-24)28-20-12-6-4-7-13-20/h4-17,24H,2-3,18-19H2,1H3,(H,29,31)/t24-/m1/s1. The minimum absolute atomic E-state index is 0.0317. The summed E-state index contributed by atoms with van der Waals surface area (Å²) in [4.78, 5) is 32.6. The smallest absolute Gasteiger partial charge is 0.247 e. The zero-order chi connectivity index (χ0) is 23.8. The van der Waals surface area contributed by atoms with Gasteiger partial charge in [-0.1, -0.05) is 73.6 Å². The Kier molecular flexibility index (Phi) is 7.99. The normalized spacial score (nSPS) is 16.6. The molecule has 1 aliphatic rings. The van der Waals surface area contributed by atoms with Gasteiger partial charge in [-0.15, -0.1) is 0 Å². The van der Waals surface area contributed by atoms with Gasteiger partial charge >= 0.3 is 0 Å². The van der Waals surface area contributed by atoms with Gasteiger partial charge in [0, 0.05) is 6.42 Å². The Morgan fingerprint density at radius 3 is 2.41 bits per heavy atom. The van der Waals surface area contributed by atoms with Crippen LogP contribution >= 0.6 is 11.8 Å². The monoisotopic (exact) mass is 473 g/mol. The second-order valence-electron chi connectivity index (χ2n) is 7.80. The summed E-state index contributed by atoms with van der Waals surface area (Å²) in [7, 11) is 0. The van der Waals surface area contributed by atoms with E-state index in [1.807, 2.05) is 78.9 Å². The van der Waals surface area contributed by atoms with Gasteiger partial charge in [-0.05, 0) is 42.8 Å². The third kappa shape index (κ3) is 5.85. The first kappa shape index (κ1) is 23.6. The minimum atomic E-state index is -0.573. The van der Waals surface area contributed by atoms with Crippen molar-refractivity contribution in [2.45, 2.75) is 31.4 Å². The summed E-state index contributed by atoms with van der Waals surface area (Å²) in [6.07, 6.45) is 2.00. The van der Waals surface area contributed by atoms with E-state index in [0.29, 0.717) is 23.2 Å². The number of hydrogen-bond acceptors (Lipinski definition) is 5. The highest BCUT2D eigenvalue weighted by molar-refractivity contribution is 8.16. The van der Waals surface area contributed by atoms with Gasteiger partial charge in [0.15, 0.2) is 5.17 Å². The quantitative estimate of drug-likeness (QED) is 0.385. The fraction of sp³-hybridized carbons (Fsp3) is 0.222. The minimum Gasteiger partial charge on any atom is -0.491 e. The van der Waals surface area contributed by atoms with Crippen molar-refractivity contribution in [2.75, 3.05) is 16.8 Å². The maximum absolute atomic E-state index is 13.4. The molecule has 2 amide bonds. The molecule has 7 heteroatoms. The summed E-state index contributed by atoms with van der Waals surface area (Å²) >= 11 is 1.31. The number of aliphatic imine (C=N–C) groups is 1. The summed E-state index contributed by atoms with van der Waals surface area (Å²) in [5.74, 6) is 0.229. The second kappa shape index (κ2) is 11.5. The summed E-state index contributed by atoms with van der Waals surface area (Å²) in [5, 5.41) is 2.90. The maximum Gasteiger partial charge on any atom is 0.247 e. The Morgan fingerprint density at radius 2 is 1.68 bits per heavy atom. The molecule has 0 radical (unpaired) electrons. The highest BCUT2D eigenvalue weighted by atomic mass is 32.2. The van der Waals surface area contributed by atoms with E-state index in [-0.39, 0.29) is 18.2 Å². The lowest BCUT2D eigenvalue weighted by Gasteiger charge is -2.16. The van der Waals surface area contributed by atoms with E-state index in [0.717, 1.165) is 24.2 Å². The number of para-hydroxylation sites is 4. The van der Waals surface area contributed by atoms with Crippen LogP contribution in [-0.2, 0) is 9.59 Å². The molecule has 34 heavy (non-hydrogen) atoms. The van der Waals surface area contributed by atoms with Crippen molar-refractivity contribution in [1.82, 2.24) is 0 Å². The van der Waals surface area contributed by atoms with E-state index in [1.165, 1.54) is 11.8 Å². The molecule has 0 aliphatic carbocycles. The number of nitrogens with zero attached hydrogens (tertiary/aromatic N) is 2. The molecule has 4 rings (SSSR count). The molecule has 1 saturated heterocycles. The molecule has 174 valence electrons. The van der Waals surface area contributed by atoms with Crippen molar-refractivity contribution in [3.05, 3.63) is 84.9 Å². The first-order valence-corrected chi connectivity index (χ1v) is 12.2. The Bertz CT molecular complexity index is 1150. The molecule has 0 saturated carbocycles. The third-order valence-electron chi connectivity index (χ3n) is 5.22. The molecule has 1 N–H and O–H groups in total. The van der Waals surface area contributed by atoms with Crippen LogP contribution in [0.25, 0.3) is 0 Å². The van der Waals surface area contributed by atoms with Gasteiger partial charge in [0.1, 0.15) is 11.0 Å². The van der Waals surface area contributed by atoms with Gasteiger partial charge in [0.05, 0.1) is 23.7 Å². The third-order valence-corrected chi connectivity index (χ3v) is 6.36. The zero-order valence-electron chi connectivity index (χ0n) is 19.0. The molecule has 6 nitrogen and oxygen atoms in total. The number of carbonyl (C=O) groups is 2. The van der Waals surface area contributed by atoms with Crippen LogP contribution in [0.15, 0.2) is 89.9 Å². The number of carbonyl (C=O) groups excluding carboxylic acids is 2. The molecule has 1 heterocycles. The van der Waals surface area contributed by atoms with Crippen LogP contribution in [0.2, 0.25) is 0 Å². The first-order chi connectivity index (χ1) is 16.7. The topological polar surface area (TPSA) is 71.0 Å². The molecule has 0 spiro atoms.